The predicted octanol–water partition coefficient (Wildman–Crippen LogP) is 32.2. The third-order valence-electron chi connectivity index (χ3n) is 27.3. The van der Waals surface area contributed by atoms with Gasteiger partial charge in [0, 0.05) is 0 Å². The molecule has 4 N–H and O–H groups in total. The molecule has 0 bridgehead atoms. The van der Waals surface area contributed by atoms with Crippen molar-refractivity contribution in [2.75, 3.05) is 0 Å². The fourth-order valence-corrected chi connectivity index (χ4v) is 78.7. The summed E-state index contributed by atoms with van der Waals surface area (Å²) in [5.41, 5.74) is 18.4. The van der Waals surface area contributed by atoms with Crippen molar-refractivity contribution in [3.63, 3.8) is 0 Å². The van der Waals surface area contributed by atoms with E-state index in [0.29, 0.717) is 88.1 Å². The second-order valence-electron chi connectivity index (χ2n) is 45.0. The molecule has 4 aliphatic rings. The number of hydrogen-bond donors (Lipinski definition) is 4. The molecule has 8 aromatic carbocycles. The van der Waals surface area contributed by atoms with E-state index < -0.39 is 32.3 Å². The molecular weight excluding hydrogens is 1750 g/mol. The molecule has 8 aromatic rings. The smallest absolute Gasteiger partial charge is 0.0866 e. The van der Waals surface area contributed by atoms with Crippen LogP contribution >= 0.6 is 31.9 Å². The summed E-state index contributed by atoms with van der Waals surface area (Å²) in [5.74, 6) is 6.86. The molecule has 696 valence electrons. The topological polar surface area (TPSA) is 80.9 Å². The normalized spacial score (nSPS) is 19.5. The van der Waals surface area contributed by atoms with Crippen LogP contribution in [0.4, 0.5) is 0 Å². The molecule has 126 heavy (non-hydrogen) atoms. The Morgan fingerprint density at radius 3 is 0.611 bits per heavy atom. The van der Waals surface area contributed by atoms with Crippen LogP contribution in [0.25, 0.3) is 0 Å². The summed E-state index contributed by atoms with van der Waals surface area (Å²) >= 11 is -0.528. The fraction of sp³-hybridized carbons (Fsp3) is 0.536. The van der Waals surface area contributed by atoms with Crippen LogP contribution in [0.15, 0.2) is 170 Å². The standard InChI is InChI=1S/C48H84O2S2Si2.C36H60O2S2Si2.4C7H7.2Ti/c1-31(2)53(32(3)4,33(5)6)43-27-39(47(13,14)15)25-37(45(43)49)29-51-41-23-21-19-20-22-24-42(41)52-30-38-26-40(48(16,17)18)28-44(46(38)50)54(34(7)8,35(9)10)36(11)12;1-35(2,3)27-19-25(33(37)31(21-27)41(7,8)9)23-39-29-17-15-13-14-16-18-30(29)40-24-26-20-28(36(4,5)6)22-32(34(26)38)42(10,11)12;4*1-7-5-3-2-4-6-7;;/h25-28,31-36,41-42,49-50H,19-24,29-30H2,1-18H3;19-22,29-30,37-38H,13-18,23-24H2,1-12H3;4*2-6H,1H2;;/q;;4*-1;;/t41-,42?;29-,30?;;;;;;/m00....../s1. The van der Waals surface area contributed by atoms with Crippen molar-refractivity contribution >= 4 is 84.9 Å². The number of hydrogen-bond acceptors (Lipinski definition) is 4. The minimum Gasteiger partial charge on any atom is -0.199 e. The van der Waals surface area contributed by atoms with Crippen LogP contribution in [0.5, 0.6) is 23.0 Å². The van der Waals surface area contributed by atoms with Gasteiger partial charge in [0.1, 0.15) is 0 Å². The van der Waals surface area contributed by atoms with Crippen LogP contribution < -0.4 is 20.7 Å². The van der Waals surface area contributed by atoms with E-state index in [-0.39, 0.29) is 52.6 Å². The van der Waals surface area contributed by atoms with E-state index in [1.165, 1.54) is 142 Å². The van der Waals surface area contributed by atoms with Crippen LogP contribution in [0.3, 0.4) is 0 Å². The average Bonchev–Trinajstić information content (AvgIpc) is 1.04. The molecule has 0 aromatic heterocycles. The summed E-state index contributed by atoms with van der Waals surface area (Å²) in [6.07, 6.45) is 16.4. The third-order valence-corrected chi connectivity index (χ3v) is 77.2. The first kappa shape index (κ1) is 109. The van der Waals surface area contributed by atoms with Crippen LogP contribution in [-0.2, 0) is 75.6 Å². The van der Waals surface area contributed by atoms with Gasteiger partial charge in [0.25, 0.3) is 0 Å². The van der Waals surface area contributed by atoms with Gasteiger partial charge in [0.2, 0.25) is 0 Å². The van der Waals surface area contributed by atoms with Crippen molar-refractivity contribution in [3.05, 3.63) is 264 Å². The Bertz CT molecular complexity index is 4540. The number of aromatic hydroxyl groups is 4. The Morgan fingerprint density at radius 2 is 0.460 bits per heavy atom. The molecule has 8 atom stereocenters. The number of phenolic OH excluding ortho intramolecular Hbond substituents is 4. The Kier molecular flexibility index (Phi) is 41.0. The van der Waals surface area contributed by atoms with Gasteiger partial charge in [0.05, 0.1) is 0 Å². The van der Waals surface area contributed by atoms with Crippen LogP contribution in [-0.4, -0.2) is 73.7 Å². The van der Waals surface area contributed by atoms with Crippen LogP contribution in [0, 0.1) is 27.7 Å². The molecule has 2 aliphatic heterocycles. The zero-order valence-electron chi connectivity index (χ0n) is 84.5. The van der Waals surface area contributed by atoms with E-state index in [1.54, 1.807) is 0 Å². The summed E-state index contributed by atoms with van der Waals surface area (Å²) in [4.78, 5) is 0. The molecule has 2 heterocycles. The van der Waals surface area contributed by atoms with Crippen molar-refractivity contribution in [2.45, 2.75) is 381 Å². The molecule has 0 amide bonds. The summed E-state index contributed by atoms with van der Waals surface area (Å²) in [6, 6.07) is 58.8. The van der Waals surface area contributed by atoms with E-state index in [0.717, 1.165) is 66.3 Å². The number of benzene rings is 8. The third kappa shape index (κ3) is 29.1. The second kappa shape index (κ2) is 47.4. The maximum atomic E-state index is 12.6. The average molecular weight is 1920 g/mol. The zero-order valence-corrected chi connectivity index (χ0v) is 94.9. The Labute approximate surface area is 797 Å². The Morgan fingerprint density at radius 1 is 0.286 bits per heavy atom. The van der Waals surface area contributed by atoms with Crippen molar-refractivity contribution in [2.24, 2.45) is 0 Å². The van der Waals surface area contributed by atoms with Gasteiger partial charge >= 0.3 is 634 Å². The van der Waals surface area contributed by atoms with Gasteiger partial charge in [0.15, 0.2) is 0 Å². The van der Waals surface area contributed by atoms with E-state index in [2.05, 4.69) is 282 Å². The molecule has 6 unspecified atom stereocenters. The first-order chi connectivity index (χ1) is 58.6. The predicted molar refractivity (Wildman–Crippen MR) is 574 cm³/mol. The molecule has 2 saturated carbocycles. The van der Waals surface area contributed by atoms with Gasteiger partial charge in [-0.25, -0.2) is 0 Å². The minimum atomic E-state index is -2.09. The van der Waals surface area contributed by atoms with Gasteiger partial charge in [-0.15, -0.1) is 48.5 Å². The van der Waals surface area contributed by atoms with Crippen molar-refractivity contribution < 1.29 is 51.3 Å². The number of fused-ring (bicyclic) bond motifs is 2. The Balaban J connectivity index is 0.000000265. The first-order valence-electron chi connectivity index (χ1n) is 47.9. The molecule has 0 spiro atoms. The summed E-state index contributed by atoms with van der Waals surface area (Å²) < 4.78 is 0. The SMILES string of the molecule is CC(C)(C)c1cc(C[S]2=[Ti]=[S](Cc3cc(C(C)(C)C)cc([Si](C)(C)C)c3O)[C@H]3CCCCCCC32)c(O)c([Si](C)(C)C)c1.CC(C)[Si](c1cc(C(C)(C)C)cc(C[S]2=[Ti]=[S](Cc3cc(C(C)(C)C)cc([Si](C(C)C)(C(C)C)C(C)C)c3O)[C@H]3CCCCCCC32)c1O)(C(C)C)C(C)C.[CH2-]c1ccccc1.[CH2-]c1ccccc1.[CH2-]c1ccccc1.[CH2-]c1ccccc1. The van der Waals surface area contributed by atoms with Crippen molar-refractivity contribution in [1.82, 2.24) is 0 Å². The van der Waals surface area contributed by atoms with Gasteiger partial charge < -0.3 is 0 Å². The maximum absolute atomic E-state index is 12.6. The van der Waals surface area contributed by atoms with Gasteiger partial charge in [-0.3, -0.25) is 0 Å². The van der Waals surface area contributed by atoms with Gasteiger partial charge in [-0.1, -0.05) is 24.3 Å². The summed E-state index contributed by atoms with van der Waals surface area (Å²) in [5, 5.41) is 57.1. The molecule has 0 saturated heterocycles. The minimum absolute atomic E-state index is 0.0260. The Hall–Kier alpha value is -3.86. The molecule has 4 nitrogen and oxygen atoms in total. The number of rotatable bonds is 18. The molecule has 2 fully saturated rings. The van der Waals surface area contributed by atoms with Crippen molar-refractivity contribution in [3.8, 4) is 23.0 Å². The fourth-order valence-electron chi connectivity index (χ4n) is 20.4. The van der Waals surface area contributed by atoms with E-state index in [4.69, 9.17) is 0 Å². The molecule has 14 heteroatoms. The first-order valence-corrected chi connectivity index (χ1v) is 72.8. The molecule has 12 rings (SSSR count). The van der Waals surface area contributed by atoms with Crippen LogP contribution in [0.2, 0.25) is 72.5 Å². The summed E-state index contributed by atoms with van der Waals surface area (Å²) in [6.45, 7) is 86.5. The largest absolute Gasteiger partial charge is 0.199 e. The monoisotopic (exact) mass is 1920 g/mol. The van der Waals surface area contributed by atoms with Crippen molar-refractivity contribution in [1.29, 1.82) is 0 Å². The number of phenols is 4. The maximum Gasteiger partial charge on any atom is -0.0866 e. The van der Waals surface area contributed by atoms with E-state index in [1.807, 2.05) is 121 Å². The quantitative estimate of drug-likeness (QED) is 0.0510. The van der Waals surface area contributed by atoms with Gasteiger partial charge in [-0.05, 0) is 0 Å². The summed E-state index contributed by atoms with van der Waals surface area (Å²) in [7, 11) is -6.20. The zero-order chi connectivity index (χ0) is 94.2. The van der Waals surface area contributed by atoms with E-state index >= 15 is 0 Å². The van der Waals surface area contributed by atoms with E-state index in [9.17, 15) is 20.4 Å². The van der Waals surface area contributed by atoms with Crippen LogP contribution in [0.1, 0.15) is 310 Å². The molecular formula is C112H172O4S4Si4Ti2-4. The molecule has 0 radical (unpaired) electrons. The molecule has 2 aliphatic carbocycles. The van der Waals surface area contributed by atoms with Gasteiger partial charge in [-0.2, -0.15) is 98.5 Å². The second-order valence-corrected chi connectivity index (χ2v) is 89.6.